The number of nitrogens with two attached hydrogens (primary N) is 1. The fourth-order valence-corrected chi connectivity index (χ4v) is 3.57. The van der Waals surface area contributed by atoms with Crippen molar-refractivity contribution in [2.75, 3.05) is 18.8 Å². The highest BCUT2D eigenvalue weighted by molar-refractivity contribution is 5.23. The van der Waals surface area contributed by atoms with E-state index in [4.69, 9.17) is 5.73 Å². The first-order valence-corrected chi connectivity index (χ1v) is 6.86. The lowest BCUT2D eigenvalue weighted by molar-refractivity contribution is 0.108. The van der Waals surface area contributed by atoms with Crippen molar-refractivity contribution in [2.45, 2.75) is 44.7 Å². The molecule has 2 atom stereocenters. The zero-order valence-electron chi connectivity index (χ0n) is 10.4. The van der Waals surface area contributed by atoms with Crippen molar-refractivity contribution < 1.29 is 0 Å². The lowest BCUT2D eigenvalue weighted by atomic mass is 9.92. The molecule has 17 heavy (non-hydrogen) atoms. The summed E-state index contributed by atoms with van der Waals surface area (Å²) in [5.74, 6) is 1.61. The summed E-state index contributed by atoms with van der Waals surface area (Å²) in [6.45, 7) is 3.38. The smallest absolute Gasteiger partial charge is 0.145 e. The molecule has 1 aliphatic carbocycles. The zero-order valence-corrected chi connectivity index (χ0v) is 10.4. The minimum atomic E-state index is 0.627. The van der Waals surface area contributed by atoms with Gasteiger partial charge in [-0.2, -0.15) is 5.10 Å². The third-order valence-corrected chi connectivity index (χ3v) is 4.39. The van der Waals surface area contributed by atoms with E-state index >= 15 is 0 Å². The molecule has 1 saturated carbocycles. The first-order chi connectivity index (χ1) is 8.33. The molecule has 4 heteroatoms. The minimum absolute atomic E-state index is 0.627. The van der Waals surface area contributed by atoms with Crippen molar-refractivity contribution in [3.8, 4) is 0 Å². The van der Waals surface area contributed by atoms with Crippen LogP contribution in [0, 0.1) is 5.92 Å². The molecule has 1 aromatic heterocycles. The number of hydrogen-bond acceptors (Lipinski definition) is 3. The number of likely N-dealkylation sites (tertiary alicyclic amines) is 1. The van der Waals surface area contributed by atoms with Gasteiger partial charge in [0.25, 0.3) is 0 Å². The first-order valence-electron chi connectivity index (χ1n) is 6.86. The number of piperidine rings is 1. The zero-order chi connectivity index (χ0) is 11.7. The highest BCUT2D eigenvalue weighted by Crippen LogP contribution is 2.36. The van der Waals surface area contributed by atoms with E-state index in [2.05, 4.69) is 10.00 Å². The molecule has 0 aromatic carbocycles. The average molecular weight is 234 g/mol. The van der Waals surface area contributed by atoms with Gasteiger partial charge in [-0.05, 0) is 44.2 Å². The second kappa shape index (κ2) is 4.69. The van der Waals surface area contributed by atoms with Crippen LogP contribution in [-0.2, 0) is 6.54 Å². The molecular formula is C13H22N4. The van der Waals surface area contributed by atoms with Gasteiger partial charge in [-0.25, -0.2) is 0 Å². The van der Waals surface area contributed by atoms with E-state index in [9.17, 15) is 0 Å². The average Bonchev–Trinajstić information content (AvgIpc) is 2.94. The summed E-state index contributed by atoms with van der Waals surface area (Å²) in [6, 6.07) is 2.73. The molecule has 94 valence electrons. The van der Waals surface area contributed by atoms with Gasteiger partial charge in [0.05, 0.1) is 6.54 Å². The molecule has 0 spiro atoms. The summed E-state index contributed by atoms with van der Waals surface area (Å²) < 4.78 is 1.97. The van der Waals surface area contributed by atoms with Crippen molar-refractivity contribution in [2.24, 2.45) is 5.92 Å². The molecule has 2 aliphatic rings. The second-order valence-electron chi connectivity index (χ2n) is 5.44. The fourth-order valence-electron chi connectivity index (χ4n) is 3.57. The normalized spacial score (nSPS) is 29.4. The second-order valence-corrected chi connectivity index (χ2v) is 5.44. The predicted octanol–water partition coefficient (Wildman–Crippen LogP) is 1.73. The van der Waals surface area contributed by atoms with Crippen LogP contribution < -0.4 is 5.73 Å². The topological polar surface area (TPSA) is 47.1 Å². The fraction of sp³-hybridized carbons (Fsp3) is 0.769. The number of aromatic nitrogens is 2. The Balaban J connectivity index is 1.57. The van der Waals surface area contributed by atoms with E-state index in [1.165, 1.54) is 38.6 Å². The minimum Gasteiger partial charge on any atom is -0.382 e. The Kier molecular flexibility index (Phi) is 3.05. The molecule has 2 N–H and O–H groups in total. The summed E-state index contributed by atoms with van der Waals surface area (Å²) in [7, 11) is 0. The van der Waals surface area contributed by atoms with Crippen LogP contribution in [0.1, 0.15) is 32.1 Å². The Hall–Kier alpha value is -1.03. The van der Waals surface area contributed by atoms with Gasteiger partial charge in [0, 0.05) is 18.8 Å². The van der Waals surface area contributed by atoms with Crippen molar-refractivity contribution >= 4 is 5.82 Å². The van der Waals surface area contributed by atoms with E-state index in [-0.39, 0.29) is 0 Å². The van der Waals surface area contributed by atoms with Crippen LogP contribution in [0.25, 0.3) is 0 Å². The Morgan fingerprint density at radius 3 is 2.94 bits per heavy atom. The van der Waals surface area contributed by atoms with Crippen LogP contribution in [-0.4, -0.2) is 33.8 Å². The number of fused-ring (bicyclic) bond motifs is 1. The van der Waals surface area contributed by atoms with Crippen molar-refractivity contribution in [3.05, 3.63) is 12.3 Å². The van der Waals surface area contributed by atoms with E-state index in [0.717, 1.165) is 25.0 Å². The Morgan fingerprint density at radius 1 is 1.24 bits per heavy atom. The van der Waals surface area contributed by atoms with Crippen LogP contribution in [0.15, 0.2) is 12.3 Å². The van der Waals surface area contributed by atoms with E-state index in [1.54, 1.807) is 0 Å². The van der Waals surface area contributed by atoms with Gasteiger partial charge in [-0.1, -0.05) is 6.42 Å². The van der Waals surface area contributed by atoms with Crippen LogP contribution >= 0.6 is 0 Å². The number of nitrogen functional groups attached to an aromatic ring is 1. The predicted molar refractivity (Wildman–Crippen MR) is 68.6 cm³/mol. The molecule has 3 rings (SSSR count). The quantitative estimate of drug-likeness (QED) is 0.866. The molecule has 1 aliphatic heterocycles. The molecule has 0 bridgehead atoms. The molecule has 1 saturated heterocycles. The highest BCUT2D eigenvalue weighted by Gasteiger charge is 2.34. The molecule has 0 amide bonds. The van der Waals surface area contributed by atoms with Gasteiger partial charge >= 0.3 is 0 Å². The summed E-state index contributed by atoms with van der Waals surface area (Å²) in [6.07, 6.45) is 9.10. The molecule has 2 fully saturated rings. The summed E-state index contributed by atoms with van der Waals surface area (Å²) >= 11 is 0. The highest BCUT2D eigenvalue weighted by atomic mass is 15.3. The van der Waals surface area contributed by atoms with E-state index in [1.807, 2.05) is 16.9 Å². The maximum Gasteiger partial charge on any atom is 0.145 e. The molecule has 0 radical (unpaired) electrons. The standard InChI is InChI=1S/C13H22N4/c14-13-6-8-17(15-13)10-9-16-7-2-4-11-3-1-5-12(11)16/h6,8,11-12H,1-5,7,9-10H2,(H2,14,15). The summed E-state index contributed by atoms with van der Waals surface area (Å²) in [4.78, 5) is 2.68. The number of hydrogen-bond donors (Lipinski definition) is 1. The van der Waals surface area contributed by atoms with Crippen molar-refractivity contribution in [3.63, 3.8) is 0 Å². The third-order valence-electron chi connectivity index (χ3n) is 4.39. The number of rotatable bonds is 3. The van der Waals surface area contributed by atoms with Gasteiger partial charge in [-0.3, -0.25) is 9.58 Å². The maximum absolute atomic E-state index is 5.63. The molecule has 2 heterocycles. The molecule has 4 nitrogen and oxygen atoms in total. The van der Waals surface area contributed by atoms with Crippen LogP contribution in [0.2, 0.25) is 0 Å². The van der Waals surface area contributed by atoms with Gasteiger partial charge in [-0.15, -0.1) is 0 Å². The maximum atomic E-state index is 5.63. The van der Waals surface area contributed by atoms with E-state index < -0.39 is 0 Å². The Bertz CT molecular complexity index is 373. The molecular weight excluding hydrogens is 212 g/mol. The lowest BCUT2D eigenvalue weighted by Crippen LogP contribution is -2.43. The van der Waals surface area contributed by atoms with Crippen LogP contribution in [0.3, 0.4) is 0 Å². The SMILES string of the molecule is Nc1ccn(CCN2CCCC3CCCC32)n1. The van der Waals surface area contributed by atoms with Crippen molar-refractivity contribution in [1.82, 2.24) is 14.7 Å². The van der Waals surface area contributed by atoms with Gasteiger partial charge in [0.2, 0.25) is 0 Å². The molecule has 1 aromatic rings. The van der Waals surface area contributed by atoms with E-state index in [0.29, 0.717) is 5.82 Å². The first kappa shape index (κ1) is 11.1. The lowest BCUT2D eigenvalue weighted by Gasteiger charge is -2.37. The van der Waals surface area contributed by atoms with Gasteiger partial charge < -0.3 is 5.73 Å². The third kappa shape index (κ3) is 2.32. The van der Waals surface area contributed by atoms with Crippen molar-refractivity contribution in [1.29, 1.82) is 0 Å². The number of anilines is 1. The molecule has 2 unspecified atom stereocenters. The monoisotopic (exact) mass is 234 g/mol. The van der Waals surface area contributed by atoms with Crippen LogP contribution in [0.5, 0.6) is 0 Å². The summed E-state index contributed by atoms with van der Waals surface area (Å²) in [5, 5.41) is 4.25. The Labute approximate surface area is 103 Å². The van der Waals surface area contributed by atoms with Gasteiger partial charge in [0.15, 0.2) is 0 Å². The van der Waals surface area contributed by atoms with Gasteiger partial charge in [0.1, 0.15) is 5.82 Å². The summed E-state index contributed by atoms with van der Waals surface area (Å²) in [5.41, 5.74) is 5.63. The Morgan fingerprint density at radius 2 is 2.12 bits per heavy atom. The van der Waals surface area contributed by atoms with Crippen LogP contribution in [0.4, 0.5) is 5.82 Å². The largest absolute Gasteiger partial charge is 0.382 e. The number of nitrogens with zero attached hydrogens (tertiary/aromatic N) is 3.